The Labute approximate surface area is 173 Å². The Morgan fingerprint density at radius 2 is 1.69 bits per heavy atom. The highest BCUT2D eigenvalue weighted by Crippen LogP contribution is 2.31. The van der Waals surface area contributed by atoms with Gasteiger partial charge in [0.25, 0.3) is 5.91 Å². The van der Waals surface area contributed by atoms with Gasteiger partial charge in [-0.25, -0.2) is 4.98 Å². The number of nitrogens with one attached hydrogen (secondary N) is 1. The fourth-order valence-electron chi connectivity index (χ4n) is 2.88. The number of aromatic nitrogens is 1. The SMILES string of the molecule is CC(C)(Oc1ccc(Cl)cc1)C(=O)Nc1ccccc1-c1nc2ccccc2o1. The average molecular weight is 407 g/mol. The number of carbonyl (C=O) groups excluding carboxylic acids is 1. The Bertz CT molecular complexity index is 1130. The molecule has 0 aliphatic rings. The Kier molecular flexibility index (Phi) is 4.99. The largest absolute Gasteiger partial charge is 0.478 e. The Morgan fingerprint density at radius 1 is 1.00 bits per heavy atom. The van der Waals surface area contributed by atoms with Gasteiger partial charge in [-0.1, -0.05) is 35.9 Å². The van der Waals surface area contributed by atoms with E-state index in [1.54, 1.807) is 44.2 Å². The standard InChI is InChI=1S/C23H19ClN2O3/c1-23(2,29-16-13-11-15(24)12-14-16)22(27)26-18-8-4-3-7-17(18)21-25-19-9-5-6-10-20(19)28-21/h3-14H,1-2H3,(H,26,27). The number of rotatable bonds is 5. The minimum Gasteiger partial charge on any atom is -0.478 e. The predicted octanol–water partition coefficient (Wildman–Crippen LogP) is 5.94. The molecular weight excluding hydrogens is 388 g/mol. The van der Waals surface area contributed by atoms with Crippen LogP contribution in [0.2, 0.25) is 5.02 Å². The lowest BCUT2D eigenvalue weighted by atomic mass is 10.1. The summed E-state index contributed by atoms with van der Waals surface area (Å²) in [5.41, 5.74) is 1.63. The first-order chi connectivity index (χ1) is 13.9. The summed E-state index contributed by atoms with van der Waals surface area (Å²) in [6.07, 6.45) is 0. The number of anilines is 1. The van der Waals surface area contributed by atoms with Gasteiger partial charge in [0.15, 0.2) is 11.2 Å². The number of hydrogen-bond donors (Lipinski definition) is 1. The molecule has 4 aromatic rings. The summed E-state index contributed by atoms with van der Waals surface area (Å²) < 4.78 is 11.7. The van der Waals surface area contributed by atoms with E-state index in [1.165, 1.54) is 0 Å². The van der Waals surface area contributed by atoms with Crippen molar-refractivity contribution in [1.29, 1.82) is 0 Å². The number of fused-ring (bicyclic) bond motifs is 1. The number of para-hydroxylation sites is 3. The van der Waals surface area contributed by atoms with Crippen LogP contribution in [-0.4, -0.2) is 16.5 Å². The van der Waals surface area contributed by atoms with Crippen LogP contribution in [-0.2, 0) is 4.79 Å². The van der Waals surface area contributed by atoms with Gasteiger partial charge in [-0.15, -0.1) is 0 Å². The third-order valence-corrected chi connectivity index (χ3v) is 4.69. The van der Waals surface area contributed by atoms with Gasteiger partial charge in [-0.2, -0.15) is 0 Å². The Hall–Kier alpha value is -3.31. The van der Waals surface area contributed by atoms with Crippen molar-refractivity contribution in [2.45, 2.75) is 19.4 Å². The molecule has 0 bridgehead atoms. The number of amides is 1. The quantitative estimate of drug-likeness (QED) is 0.445. The molecule has 0 atom stereocenters. The number of ether oxygens (including phenoxy) is 1. The summed E-state index contributed by atoms with van der Waals surface area (Å²) in [6.45, 7) is 3.41. The van der Waals surface area contributed by atoms with E-state index in [0.717, 1.165) is 5.52 Å². The highest BCUT2D eigenvalue weighted by Gasteiger charge is 2.31. The molecule has 0 fully saturated rings. The maximum Gasteiger partial charge on any atom is 0.267 e. The third-order valence-electron chi connectivity index (χ3n) is 4.43. The molecule has 1 amide bonds. The molecular formula is C23H19ClN2O3. The minimum atomic E-state index is -1.11. The molecule has 3 aromatic carbocycles. The van der Waals surface area contributed by atoms with Gasteiger partial charge in [0.05, 0.1) is 11.3 Å². The number of benzene rings is 3. The van der Waals surface area contributed by atoms with Crippen molar-refractivity contribution in [3.05, 3.63) is 77.8 Å². The van der Waals surface area contributed by atoms with Crippen molar-refractivity contribution in [2.75, 3.05) is 5.32 Å². The Balaban J connectivity index is 1.59. The average Bonchev–Trinajstić information content (AvgIpc) is 3.14. The molecule has 6 heteroatoms. The fourth-order valence-corrected chi connectivity index (χ4v) is 3.01. The lowest BCUT2D eigenvalue weighted by Crippen LogP contribution is -2.42. The second-order valence-corrected chi connectivity index (χ2v) is 7.49. The molecule has 1 N–H and O–H groups in total. The molecule has 0 aliphatic heterocycles. The number of oxazole rings is 1. The lowest BCUT2D eigenvalue weighted by molar-refractivity contribution is -0.128. The van der Waals surface area contributed by atoms with Gasteiger partial charge in [0.1, 0.15) is 11.3 Å². The normalized spacial score (nSPS) is 11.4. The summed E-state index contributed by atoms with van der Waals surface area (Å²) in [4.78, 5) is 17.5. The van der Waals surface area contributed by atoms with Crippen LogP contribution in [0.4, 0.5) is 5.69 Å². The molecule has 1 aromatic heterocycles. The van der Waals surface area contributed by atoms with Gasteiger partial charge < -0.3 is 14.5 Å². The van der Waals surface area contributed by atoms with E-state index in [-0.39, 0.29) is 5.91 Å². The van der Waals surface area contributed by atoms with Crippen LogP contribution < -0.4 is 10.1 Å². The van der Waals surface area contributed by atoms with Crippen molar-refractivity contribution in [3.8, 4) is 17.2 Å². The van der Waals surface area contributed by atoms with Crippen LogP contribution in [0.3, 0.4) is 0 Å². The second kappa shape index (κ2) is 7.60. The van der Waals surface area contributed by atoms with E-state index < -0.39 is 5.60 Å². The van der Waals surface area contributed by atoms with E-state index in [0.29, 0.717) is 33.5 Å². The first kappa shape index (κ1) is 19.0. The van der Waals surface area contributed by atoms with E-state index >= 15 is 0 Å². The van der Waals surface area contributed by atoms with Gasteiger partial charge in [-0.3, -0.25) is 4.79 Å². The molecule has 0 spiro atoms. The summed E-state index contributed by atoms with van der Waals surface area (Å²) in [5, 5.41) is 3.54. The monoisotopic (exact) mass is 406 g/mol. The molecule has 29 heavy (non-hydrogen) atoms. The van der Waals surface area contributed by atoms with Crippen molar-refractivity contribution in [1.82, 2.24) is 4.98 Å². The number of hydrogen-bond acceptors (Lipinski definition) is 4. The van der Waals surface area contributed by atoms with Gasteiger partial charge in [0.2, 0.25) is 5.89 Å². The smallest absolute Gasteiger partial charge is 0.267 e. The van der Waals surface area contributed by atoms with Crippen LogP contribution in [0.25, 0.3) is 22.6 Å². The first-order valence-corrected chi connectivity index (χ1v) is 9.51. The van der Waals surface area contributed by atoms with Crippen LogP contribution in [0.15, 0.2) is 77.2 Å². The minimum absolute atomic E-state index is 0.295. The maximum atomic E-state index is 12.9. The highest BCUT2D eigenvalue weighted by molar-refractivity contribution is 6.30. The maximum absolute atomic E-state index is 12.9. The second-order valence-electron chi connectivity index (χ2n) is 7.05. The molecule has 0 saturated heterocycles. The third kappa shape index (κ3) is 4.10. The molecule has 0 saturated carbocycles. The molecule has 0 radical (unpaired) electrons. The topological polar surface area (TPSA) is 64.4 Å². The van der Waals surface area contributed by atoms with Crippen LogP contribution >= 0.6 is 11.6 Å². The summed E-state index contributed by atoms with van der Waals surface area (Å²) in [7, 11) is 0. The number of halogens is 1. The van der Waals surface area contributed by atoms with E-state index in [4.69, 9.17) is 20.8 Å². The summed E-state index contributed by atoms with van der Waals surface area (Å²) in [5.74, 6) is 0.705. The van der Waals surface area contributed by atoms with Crippen molar-refractivity contribution in [2.24, 2.45) is 0 Å². The molecule has 0 unspecified atom stereocenters. The van der Waals surface area contributed by atoms with Crippen molar-refractivity contribution < 1.29 is 13.9 Å². The van der Waals surface area contributed by atoms with Crippen LogP contribution in [0, 0.1) is 0 Å². The van der Waals surface area contributed by atoms with E-state index in [2.05, 4.69) is 10.3 Å². The zero-order chi connectivity index (χ0) is 20.4. The summed E-state index contributed by atoms with van der Waals surface area (Å²) in [6, 6.07) is 21.8. The summed E-state index contributed by atoms with van der Waals surface area (Å²) >= 11 is 5.91. The zero-order valence-corrected chi connectivity index (χ0v) is 16.7. The van der Waals surface area contributed by atoms with E-state index in [9.17, 15) is 4.79 Å². The predicted molar refractivity (Wildman–Crippen MR) is 114 cm³/mol. The molecule has 4 rings (SSSR count). The Morgan fingerprint density at radius 3 is 2.45 bits per heavy atom. The first-order valence-electron chi connectivity index (χ1n) is 9.13. The van der Waals surface area contributed by atoms with Gasteiger partial charge >= 0.3 is 0 Å². The molecule has 146 valence electrons. The van der Waals surface area contributed by atoms with Crippen molar-refractivity contribution in [3.63, 3.8) is 0 Å². The lowest BCUT2D eigenvalue weighted by Gasteiger charge is -2.25. The number of carbonyl (C=O) groups is 1. The highest BCUT2D eigenvalue weighted by atomic mass is 35.5. The van der Waals surface area contributed by atoms with E-state index in [1.807, 2.05) is 42.5 Å². The molecule has 1 heterocycles. The van der Waals surface area contributed by atoms with Gasteiger partial charge in [0, 0.05) is 5.02 Å². The number of nitrogens with zero attached hydrogens (tertiary/aromatic N) is 1. The van der Waals surface area contributed by atoms with Crippen LogP contribution in [0.1, 0.15) is 13.8 Å². The fraction of sp³-hybridized carbons (Fsp3) is 0.130. The zero-order valence-electron chi connectivity index (χ0n) is 16.0. The van der Waals surface area contributed by atoms with Crippen molar-refractivity contribution >= 4 is 34.3 Å². The van der Waals surface area contributed by atoms with Crippen LogP contribution in [0.5, 0.6) is 5.75 Å². The molecule has 5 nitrogen and oxygen atoms in total. The molecule has 0 aliphatic carbocycles. The van der Waals surface area contributed by atoms with Gasteiger partial charge in [-0.05, 0) is 62.4 Å².